The normalized spacial score (nSPS) is 27.2. The highest BCUT2D eigenvalue weighted by atomic mass is 35.5. The van der Waals surface area contributed by atoms with Gasteiger partial charge < -0.3 is 9.80 Å². The van der Waals surface area contributed by atoms with Crippen LogP contribution in [0.3, 0.4) is 0 Å². The molecule has 1 N–H and O–H groups in total. The van der Waals surface area contributed by atoms with Gasteiger partial charge in [0.2, 0.25) is 15.9 Å². The monoisotopic (exact) mass is 598 g/mol. The van der Waals surface area contributed by atoms with Crippen LogP contribution >= 0.6 is 23.2 Å². The largest absolute Gasteiger partial charge is 0.342 e. The molecule has 0 spiro atoms. The van der Waals surface area contributed by atoms with Crippen molar-refractivity contribution in [2.45, 2.75) is 81.7 Å². The number of carbonyl (C=O) groups excluding carboxylic acids is 1. The van der Waals surface area contributed by atoms with Gasteiger partial charge in [0, 0.05) is 63.2 Å². The summed E-state index contributed by atoms with van der Waals surface area (Å²) in [4.78, 5) is 20.3. The lowest BCUT2D eigenvalue weighted by molar-refractivity contribution is -0.136. The molecule has 3 aliphatic heterocycles. The van der Waals surface area contributed by atoms with Gasteiger partial charge in [-0.25, -0.2) is 13.1 Å². The number of hydrogen-bond acceptors (Lipinski definition) is 5. The van der Waals surface area contributed by atoms with Gasteiger partial charge in [0.05, 0.1) is 16.3 Å². The van der Waals surface area contributed by atoms with Gasteiger partial charge in [0.1, 0.15) is 0 Å². The number of hydrogen-bond donors (Lipinski definition) is 1. The zero-order valence-electron chi connectivity index (χ0n) is 23.2. The van der Waals surface area contributed by atoms with Gasteiger partial charge in [0.25, 0.3) is 0 Å². The molecule has 5 rings (SSSR count). The first-order valence-electron chi connectivity index (χ1n) is 14.8. The minimum Gasteiger partial charge on any atom is -0.342 e. The SMILES string of the molecule is CS(=O)(=O)NC1CCN(C2CN(CCC3(c4ccc(Cl)c(Cl)c4)CCC(=O)N(CC4CCCCC4)C3)C2)CC1. The van der Waals surface area contributed by atoms with Crippen LogP contribution in [0.25, 0.3) is 0 Å². The van der Waals surface area contributed by atoms with E-state index in [1.807, 2.05) is 12.1 Å². The van der Waals surface area contributed by atoms with Crippen LogP contribution in [0.5, 0.6) is 0 Å². The van der Waals surface area contributed by atoms with Crippen LogP contribution in [0.1, 0.15) is 69.8 Å². The molecule has 3 heterocycles. The van der Waals surface area contributed by atoms with Gasteiger partial charge >= 0.3 is 0 Å². The molecule has 0 radical (unpaired) electrons. The molecule has 1 unspecified atom stereocenters. The quantitative estimate of drug-likeness (QED) is 0.452. The van der Waals surface area contributed by atoms with E-state index in [0.717, 1.165) is 71.5 Å². The maximum absolute atomic E-state index is 13.1. The van der Waals surface area contributed by atoms with Crippen LogP contribution in [-0.2, 0) is 20.2 Å². The molecular formula is C29H44Cl2N4O3S. The average Bonchev–Trinajstić information content (AvgIpc) is 2.87. The van der Waals surface area contributed by atoms with Crippen molar-refractivity contribution in [2.24, 2.45) is 5.92 Å². The fraction of sp³-hybridized carbons (Fsp3) is 0.759. The third-order valence-electron chi connectivity index (χ3n) is 9.67. The van der Waals surface area contributed by atoms with Crippen LogP contribution < -0.4 is 4.72 Å². The first-order chi connectivity index (χ1) is 18.6. The fourth-order valence-corrected chi connectivity index (χ4v) is 8.45. The summed E-state index contributed by atoms with van der Waals surface area (Å²) in [5.41, 5.74) is 1.09. The van der Waals surface area contributed by atoms with Gasteiger partial charge in [-0.15, -0.1) is 0 Å². The molecule has 1 amide bonds. The summed E-state index contributed by atoms with van der Waals surface area (Å²) < 4.78 is 25.9. The Morgan fingerprint density at radius 3 is 2.41 bits per heavy atom. The number of benzene rings is 1. The van der Waals surface area contributed by atoms with Crippen molar-refractivity contribution in [1.82, 2.24) is 19.4 Å². The second-order valence-corrected chi connectivity index (χ2v) is 15.1. The summed E-state index contributed by atoms with van der Waals surface area (Å²) in [6, 6.07) is 6.66. The number of halogens is 2. The molecule has 3 saturated heterocycles. The third-order valence-corrected chi connectivity index (χ3v) is 11.2. The molecule has 10 heteroatoms. The molecule has 1 aliphatic carbocycles. The Kier molecular flexibility index (Phi) is 9.51. The fourth-order valence-electron chi connectivity index (χ4n) is 7.31. The van der Waals surface area contributed by atoms with Crippen LogP contribution in [0.2, 0.25) is 10.0 Å². The smallest absolute Gasteiger partial charge is 0.222 e. The van der Waals surface area contributed by atoms with E-state index in [1.54, 1.807) is 0 Å². The predicted octanol–water partition coefficient (Wildman–Crippen LogP) is 4.52. The Bertz CT molecular complexity index is 1120. The van der Waals surface area contributed by atoms with Gasteiger partial charge in [-0.3, -0.25) is 9.69 Å². The van der Waals surface area contributed by atoms with E-state index in [-0.39, 0.29) is 11.5 Å². The molecule has 1 aromatic rings. The molecule has 0 bridgehead atoms. The number of piperidine rings is 2. The van der Waals surface area contributed by atoms with E-state index in [0.29, 0.717) is 34.3 Å². The minimum atomic E-state index is -3.15. The minimum absolute atomic E-state index is 0.0593. The lowest BCUT2D eigenvalue weighted by Gasteiger charge is -2.50. The molecule has 1 saturated carbocycles. The molecule has 0 aromatic heterocycles. The second-order valence-electron chi connectivity index (χ2n) is 12.6. The number of nitrogens with zero attached hydrogens (tertiary/aromatic N) is 3. The van der Waals surface area contributed by atoms with Crippen LogP contribution in [-0.4, -0.2) is 93.2 Å². The zero-order chi connectivity index (χ0) is 27.6. The molecule has 4 fully saturated rings. The number of carbonyl (C=O) groups is 1. The molecule has 39 heavy (non-hydrogen) atoms. The number of amides is 1. The summed E-state index contributed by atoms with van der Waals surface area (Å²) in [6.07, 6.45) is 11.8. The van der Waals surface area contributed by atoms with Crippen molar-refractivity contribution < 1.29 is 13.2 Å². The summed E-state index contributed by atoms with van der Waals surface area (Å²) >= 11 is 12.8. The Morgan fingerprint density at radius 1 is 1.03 bits per heavy atom. The second kappa shape index (κ2) is 12.5. The van der Waals surface area contributed by atoms with Crippen molar-refractivity contribution in [2.75, 3.05) is 52.1 Å². The van der Waals surface area contributed by atoms with E-state index in [4.69, 9.17) is 23.2 Å². The zero-order valence-corrected chi connectivity index (χ0v) is 25.5. The topological polar surface area (TPSA) is 73.0 Å². The van der Waals surface area contributed by atoms with Gasteiger partial charge in [-0.2, -0.15) is 0 Å². The van der Waals surface area contributed by atoms with Gasteiger partial charge in [0.15, 0.2) is 0 Å². The lowest BCUT2D eigenvalue weighted by Crippen LogP contribution is -2.62. The summed E-state index contributed by atoms with van der Waals surface area (Å²) in [6.45, 7) is 6.62. The highest BCUT2D eigenvalue weighted by Crippen LogP contribution is 2.41. The number of sulfonamides is 1. The van der Waals surface area contributed by atoms with E-state index >= 15 is 0 Å². The van der Waals surface area contributed by atoms with Crippen LogP contribution in [0, 0.1) is 5.92 Å². The number of nitrogens with one attached hydrogen (secondary N) is 1. The van der Waals surface area contributed by atoms with Crippen LogP contribution in [0.15, 0.2) is 18.2 Å². The molecule has 218 valence electrons. The first kappa shape index (κ1) is 29.6. The number of likely N-dealkylation sites (tertiary alicyclic amines) is 3. The lowest BCUT2D eigenvalue weighted by atomic mass is 9.71. The molecule has 1 atom stereocenters. The highest BCUT2D eigenvalue weighted by molar-refractivity contribution is 7.88. The van der Waals surface area contributed by atoms with E-state index in [1.165, 1.54) is 43.9 Å². The van der Waals surface area contributed by atoms with Crippen molar-refractivity contribution in [3.63, 3.8) is 0 Å². The van der Waals surface area contributed by atoms with Crippen molar-refractivity contribution in [3.8, 4) is 0 Å². The highest BCUT2D eigenvalue weighted by Gasteiger charge is 2.42. The molecular weight excluding hydrogens is 555 g/mol. The predicted molar refractivity (Wildman–Crippen MR) is 158 cm³/mol. The number of rotatable bonds is 9. The molecule has 1 aromatic carbocycles. The first-order valence-corrected chi connectivity index (χ1v) is 17.4. The summed E-state index contributed by atoms with van der Waals surface area (Å²) in [7, 11) is -3.15. The molecule has 7 nitrogen and oxygen atoms in total. The van der Waals surface area contributed by atoms with Crippen molar-refractivity contribution >= 4 is 39.1 Å². The Labute approximate surface area is 244 Å². The Morgan fingerprint density at radius 2 is 1.74 bits per heavy atom. The molecule has 4 aliphatic rings. The Hall–Kier alpha value is -0.900. The summed E-state index contributed by atoms with van der Waals surface area (Å²) in [5.74, 6) is 0.925. The third kappa shape index (κ3) is 7.49. The van der Waals surface area contributed by atoms with E-state index in [9.17, 15) is 13.2 Å². The Balaban J connectivity index is 1.20. The van der Waals surface area contributed by atoms with Crippen molar-refractivity contribution in [3.05, 3.63) is 33.8 Å². The summed E-state index contributed by atoms with van der Waals surface area (Å²) in [5, 5.41) is 1.16. The van der Waals surface area contributed by atoms with Crippen LogP contribution in [0.4, 0.5) is 0 Å². The maximum atomic E-state index is 13.1. The van der Waals surface area contributed by atoms with E-state index < -0.39 is 10.0 Å². The van der Waals surface area contributed by atoms with Gasteiger partial charge in [-0.1, -0.05) is 48.5 Å². The maximum Gasteiger partial charge on any atom is 0.222 e. The average molecular weight is 600 g/mol. The van der Waals surface area contributed by atoms with Gasteiger partial charge in [-0.05, 0) is 68.7 Å². The van der Waals surface area contributed by atoms with Crippen molar-refractivity contribution in [1.29, 1.82) is 0 Å². The van der Waals surface area contributed by atoms with E-state index in [2.05, 4.69) is 25.5 Å². The standard InChI is InChI=1S/C29H44Cl2N4O3S/c1-39(37,38)32-24-10-14-34(15-11-24)25-19-33(20-25)16-13-29(23-7-8-26(30)27(31)17-23)12-9-28(36)35(21-29)18-22-5-3-2-4-6-22/h7-8,17,22,24-25,32H,2-6,9-16,18-21H2,1H3.